The molecular formula is C32H39N7O4. The van der Waals surface area contributed by atoms with Gasteiger partial charge in [0, 0.05) is 31.7 Å². The van der Waals surface area contributed by atoms with Gasteiger partial charge in [0.15, 0.2) is 11.7 Å². The highest BCUT2D eigenvalue weighted by atomic mass is 16.6. The number of anilines is 1. The van der Waals surface area contributed by atoms with Crippen molar-refractivity contribution in [2.24, 2.45) is 4.99 Å². The lowest BCUT2D eigenvalue weighted by molar-refractivity contribution is -0.127. The quantitative estimate of drug-likeness (QED) is 0.542. The molecule has 11 nitrogen and oxygen atoms in total. The number of imide groups is 1. The van der Waals surface area contributed by atoms with E-state index in [9.17, 15) is 14.4 Å². The number of urea groups is 1. The van der Waals surface area contributed by atoms with Crippen LogP contribution >= 0.6 is 0 Å². The number of guanidine groups is 1. The van der Waals surface area contributed by atoms with E-state index in [0.717, 1.165) is 23.3 Å². The minimum absolute atomic E-state index is 0.169. The summed E-state index contributed by atoms with van der Waals surface area (Å²) in [6, 6.07) is 13.4. The Kier molecular flexibility index (Phi) is 8.06. The molecule has 0 aliphatic carbocycles. The number of nitrogens with zero attached hydrogens (tertiary/aromatic N) is 6. The molecule has 3 aliphatic heterocycles. The van der Waals surface area contributed by atoms with Crippen LogP contribution in [0.3, 0.4) is 0 Å². The first kappa shape index (κ1) is 29.9. The third-order valence-electron chi connectivity index (χ3n) is 7.91. The van der Waals surface area contributed by atoms with Gasteiger partial charge in [-0.05, 0) is 59.6 Å². The van der Waals surface area contributed by atoms with Crippen LogP contribution in [0.15, 0.2) is 53.5 Å². The van der Waals surface area contributed by atoms with E-state index in [4.69, 9.17) is 14.7 Å². The minimum Gasteiger partial charge on any atom is -0.444 e. The van der Waals surface area contributed by atoms with Crippen LogP contribution in [-0.2, 0) is 9.53 Å². The number of amides is 4. The molecule has 1 N–H and O–H groups in total. The molecule has 1 aromatic heterocycles. The first-order valence-electron chi connectivity index (χ1n) is 14.6. The number of hydrogen-bond donors (Lipinski definition) is 1. The summed E-state index contributed by atoms with van der Waals surface area (Å²) in [5, 5.41) is 2.98. The van der Waals surface area contributed by atoms with Crippen molar-refractivity contribution in [2.45, 2.75) is 70.8 Å². The Morgan fingerprint density at radius 2 is 1.88 bits per heavy atom. The second-order valence-electron chi connectivity index (χ2n) is 12.2. The number of alkyl carbamates (subject to hydrolysis) is 1. The van der Waals surface area contributed by atoms with Crippen molar-refractivity contribution < 1.29 is 19.1 Å². The number of nitrogens with one attached hydrogen (secondary N) is 1. The number of benzene rings is 1. The van der Waals surface area contributed by atoms with Gasteiger partial charge in [-0.25, -0.2) is 24.5 Å². The molecule has 2 unspecified atom stereocenters. The highest BCUT2D eigenvalue weighted by molar-refractivity contribution is 6.19. The molecule has 0 radical (unpaired) electrons. The highest BCUT2D eigenvalue weighted by Crippen LogP contribution is 2.39. The van der Waals surface area contributed by atoms with Crippen LogP contribution in [0, 0.1) is 11.8 Å². The van der Waals surface area contributed by atoms with E-state index >= 15 is 0 Å². The number of rotatable bonds is 4. The fourth-order valence-electron chi connectivity index (χ4n) is 5.78. The summed E-state index contributed by atoms with van der Waals surface area (Å²) < 4.78 is 5.47. The molecule has 4 amide bonds. The van der Waals surface area contributed by atoms with Gasteiger partial charge in [0.2, 0.25) is 5.96 Å². The van der Waals surface area contributed by atoms with Gasteiger partial charge in [-0.1, -0.05) is 42.3 Å². The maximum atomic E-state index is 14.3. The Bertz CT molecular complexity index is 1490. The van der Waals surface area contributed by atoms with Gasteiger partial charge in [-0.2, -0.15) is 0 Å². The number of carbonyl (C=O) groups is 3. The molecule has 0 saturated carbocycles. The average Bonchev–Trinajstić information content (AvgIpc) is 3.28. The second kappa shape index (κ2) is 11.6. The summed E-state index contributed by atoms with van der Waals surface area (Å²) in [5.74, 6) is 6.44. The molecule has 3 aliphatic rings. The molecule has 3 atom stereocenters. The Morgan fingerprint density at radius 1 is 1.14 bits per heavy atom. The molecule has 4 heterocycles. The molecule has 2 saturated heterocycles. The van der Waals surface area contributed by atoms with E-state index in [0.29, 0.717) is 24.7 Å². The summed E-state index contributed by atoms with van der Waals surface area (Å²) in [6.07, 6.45) is 1.12. The summed E-state index contributed by atoms with van der Waals surface area (Å²) in [7, 11) is 1.66. The topological polar surface area (TPSA) is 111 Å². The van der Waals surface area contributed by atoms with Crippen LogP contribution in [0.25, 0.3) is 11.3 Å². The molecule has 1 aromatic carbocycles. The molecule has 5 rings (SSSR count). The first-order chi connectivity index (χ1) is 20.4. The van der Waals surface area contributed by atoms with Gasteiger partial charge in [-0.15, -0.1) is 5.92 Å². The van der Waals surface area contributed by atoms with Gasteiger partial charge in [0.25, 0.3) is 5.91 Å². The highest BCUT2D eigenvalue weighted by Gasteiger charge is 2.61. The van der Waals surface area contributed by atoms with Crippen LogP contribution in [0.4, 0.5) is 15.4 Å². The number of carbonyl (C=O) groups excluding carboxylic acids is 3. The van der Waals surface area contributed by atoms with E-state index in [-0.39, 0.29) is 18.4 Å². The third kappa shape index (κ3) is 5.87. The van der Waals surface area contributed by atoms with E-state index < -0.39 is 35.3 Å². The van der Waals surface area contributed by atoms with Crippen molar-refractivity contribution in [1.82, 2.24) is 25.0 Å². The van der Waals surface area contributed by atoms with Gasteiger partial charge >= 0.3 is 12.1 Å². The zero-order valence-corrected chi connectivity index (χ0v) is 25.6. The number of fused-ring (bicyclic) bond motifs is 1. The molecule has 0 bridgehead atoms. The lowest BCUT2D eigenvalue weighted by Crippen LogP contribution is -2.71. The van der Waals surface area contributed by atoms with Crippen LogP contribution in [0.5, 0.6) is 0 Å². The fraction of sp³-hybridized carbons (Fsp3) is 0.469. The smallest absolute Gasteiger partial charge is 0.407 e. The monoisotopic (exact) mass is 585 g/mol. The summed E-state index contributed by atoms with van der Waals surface area (Å²) in [6.45, 7) is 10.4. The van der Waals surface area contributed by atoms with Crippen LogP contribution in [-0.4, -0.2) is 93.7 Å². The number of likely N-dealkylation sites (N-methyl/N-ethyl adjacent to an activating group) is 1. The number of ether oxygens (including phenoxy) is 1. The van der Waals surface area contributed by atoms with Gasteiger partial charge < -0.3 is 19.9 Å². The molecule has 11 heteroatoms. The number of aliphatic imine (C=N–C) groups is 1. The molecular weight excluding hydrogens is 546 g/mol. The Labute approximate surface area is 252 Å². The van der Waals surface area contributed by atoms with Crippen molar-refractivity contribution in [3.8, 4) is 23.1 Å². The van der Waals surface area contributed by atoms with E-state index in [2.05, 4.69) is 22.1 Å². The average molecular weight is 586 g/mol. The zero-order chi connectivity index (χ0) is 30.9. The minimum atomic E-state index is -1.17. The van der Waals surface area contributed by atoms with Crippen molar-refractivity contribution in [2.75, 3.05) is 31.6 Å². The number of aromatic nitrogens is 1. The Morgan fingerprint density at radius 3 is 2.58 bits per heavy atom. The molecule has 0 spiro atoms. The maximum absolute atomic E-state index is 14.3. The van der Waals surface area contributed by atoms with E-state index in [1.165, 1.54) is 4.90 Å². The number of piperidine rings is 1. The van der Waals surface area contributed by atoms with Crippen LogP contribution < -0.4 is 10.2 Å². The lowest BCUT2D eigenvalue weighted by Gasteiger charge is -2.46. The number of likely N-dealkylation sites (tertiary alicyclic amines) is 1. The Balaban J connectivity index is 1.45. The molecule has 2 fully saturated rings. The summed E-state index contributed by atoms with van der Waals surface area (Å²) in [5.41, 5.74) is -0.237. The lowest BCUT2D eigenvalue weighted by atomic mass is 9.97. The third-order valence-corrected chi connectivity index (χ3v) is 7.91. The first-order valence-corrected chi connectivity index (χ1v) is 14.6. The SMILES string of the molecule is CC#CCN1C(N2CCC[C@@H](NC(=O)OC(C)(C)C)C2)=NC2(C)C1C(=O)N(c1cccc(-c3ccccc3)n1)C(=O)N2C. The normalized spacial score (nSPS) is 23.8. The van der Waals surface area contributed by atoms with E-state index in [1.54, 1.807) is 33.0 Å². The molecule has 43 heavy (non-hydrogen) atoms. The Hall–Kier alpha value is -4.59. The summed E-state index contributed by atoms with van der Waals surface area (Å²) in [4.78, 5) is 57.0. The van der Waals surface area contributed by atoms with Crippen LogP contribution in [0.1, 0.15) is 47.5 Å². The number of pyridine rings is 1. The van der Waals surface area contributed by atoms with Crippen molar-refractivity contribution in [3.05, 3.63) is 48.5 Å². The summed E-state index contributed by atoms with van der Waals surface area (Å²) >= 11 is 0. The molecule has 2 aromatic rings. The largest absolute Gasteiger partial charge is 0.444 e. The number of hydrogen-bond acceptors (Lipinski definition) is 8. The standard InChI is InChI=1S/C32H39N7O4/c1-7-8-20-38-26-27(40)39(25-18-12-17-24(34-25)22-14-10-9-11-15-22)30(42)36(6)32(26,5)35-28(38)37-19-13-16-23(21-37)33-29(41)43-31(2,3)4/h9-12,14-15,17-18,23,26H,13,16,19-21H2,1-6H3,(H,33,41)/t23-,26?,32?/m1/s1. The maximum Gasteiger partial charge on any atom is 0.407 e. The van der Waals surface area contributed by atoms with Crippen molar-refractivity contribution in [3.63, 3.8) is 0 Å². The molecule has 226 valence electrons. The predicted molar refractivity (Wildman–Crippen MR) is 164 cm³/mol. The van der Waals surface area contributed by atoms with Crippen molar-refractivity contribution in [1.29, 1.82) is 0 Å². The van der Waals surface area contributed by atoms with E-state index in [1.807, 2.05) is 62.1 Å². The van der Waals surface area contributed by atoms with Gasteiger partial charge in [0.05, 0.1) is 12.2 Å². The van der Waals surface area contributed by atoms with Crippen LogP contribution in [0.2, 0.25) is 0 Å². The zero-order valence-electron chi connectivity index (χ0n) is 25.6. The van der Waals surface area contributed by atoms with Gasteiger partial charge in [0.1, 0.15) is 11.4 Å². The van der Waals surface area contributed by atoms with Gasteiger partial charge in [-0.3, -0.25) is 9.69 Å². The fourth-order valence-corrected chi connectivity index (χ4v) is 5.78. The predicted octanol–water partition coefficient (Wildman–Crippen LogP) is 3.92. The second-order valence-corrected chi connectivity index (χ2v) is 12.2. The van der Waals surface area contributed by atoms with Crippen molar-refractivity contribution >= 4 is 29.8 Å².